The molecule has 2 atom stereocenters. The number of hydrogen-bond acceptors (Lipinski definition) is 3. The first-order valence-corrected chi connectivity index (χ1v) is 9.25. The number of rotatable bonds is 10. The quantitative estimate of drug-likeness (QED) is 0.594. The predicted octanol–water partition coefficient (Wildman–Crippen LogP) is 3.75. The molecule has 0 saturated heterocycles. The molecule has 0 amide bonds. The van der Waals surface area contributed by atoms with E-state index in [1.54, 1.807) is 0 Å². The first-order chi connectivity index (χ1) is 12.9. The second-order valence-corrected chi connectivity index (χ2v) is 6.89. The second-order valence-electron chi connectivity index (χ2n) is 6.89. The van der Waals surface area contributed by atoms with Gasteiger partial charge in [0.2, 0.25) is 0 Å². The molecule has 3 N–H and O–H groups in total. The summed E-state index contributed by atoms with van der Waals surface area (Å²) in [5.74, 6) is -2.44. The third-order valence-electron chi connectivity index (χ3n) is 4.65. The molecular formula is C22H27NO4. The lowest BCUT2D eigenvalue weighted by molar-refractivity contribution is -0.143. The summed E-state index contributed by atoms with van der Waals surface area (Å²) in [5, 5.41) is 21.7. The Morgan fingerprint density at radius 2 is 1.70 bits per heavy atom. The number of carboxylic acid groups (broad SMARTS) is 2. The van der Waals surface area contributed by atoms with Gasteiger partial charge in [-0.25, -0.2) is 0 Å². The lowest BCUT2D eigenvalue weighted by Crippen LogP contribution is -2.42. The van der Waals surface area contributed by atoms with Crippen molar-refractivity contribution in [2.75, 3.05) is 6.54 Å². The Bertz CT molecular complexity index is 770. The van der Waals surface area contributed by atoms with Crippen LogP contribution in [0.1, 0.15) is 30.9 Å². The zero-order valence-corrected chi connectivity index (χ0v) is 15.8. The molecule has 2 rings (SSSR count). The number of benzene rings is 2. The molecule has 0 aliphatic rings. The van der Waals surface area contributed by atoms with Crippen molar-refractivity contribution >= 4 is 11.9 Å². The van der Waals surface area contributed by atoms with Crippen molar-refractivity contribution in [2.24, 2.45) is 5.92 Å². The predicted molar refractivity (Wildman–Crippen MR) is 106 cm³/mol. The maximum absolute atomic E-state index is 11.6. The van der Waals surface area contributed by atoms with Crippen molar-refractivity contribution in [3.8, 4) is 11.1 Å². The fourth-order valence-electron chi connectivity index (χ4n) is 3.05. The van der Waals surface area contributed by atoms with Crippen LogP contribution in [0, 0.1) is 12.8 Å². The standard InChI is InChI=1S/C22H27NO4/c1-3-5-19(21(24)25)14-23-20(22(26)27)13-16-6-4-7-18(12-16)17-10-8-15(2)9-11-17/h4,6-12,19-20,23H,3,5,13-14H2,1-2H3,(H,24,25)(H,26,27). The van der Waals surface area contributed by atoms with Gasteiger partial charge in [-0.2, -0.15) is 0 Å². The van der Waals surface area contributed by atoms with Crippen LogP contribution in [0.3, 0.4) is 0 Å². The van der Waals surface area contributed by atoms with E-state index in [1.165, 1.54) is 5.56 Å². The van der Waals surface area contributed by atoms with E-state index < -0.39 is 23.9 Å². The summed E-state index contributed by atoms with van der Waals surface area (Å²) in [5.41, 5.74) is 4.20. The zero-order chi connectivity index (χ0) is 19.8. The highest BCUT2D eigenvalue weighted by atomic mass is 16.4. The Labute approximate surface area is 160 Å². The number of hydrogen-bond donors (Lipinski definition) is 3. The van der Waals surface area contributed by atoms with Crippen molar-refractivity contribution < 1.29 is 19.8 Å². The van der Waals surface area contributed by atoms with Crippen molar-refractivity contribution in [3.05, 3.63) is 59.7 Å². The number of aryl methyl sites for hydroxylation is 1. The Kier molecular flexibility index (Phi) is 7.55. The zero-order valence-electron chi connectivity index (χ0n) is 15.8. The summed E-state index contributed by atoms with van der Waals surface area (Å²) in [4.78, 5) is 22.9. The normalized spacial score (nSPS) is 13.1. The van der Waals surface area contributed by atoms with Gasteiger partial charge in [0, 0.05) is 6.54 Å². The molecule has 5 nitrogen and oxygen atoms in total. The molecule has 0 aromatic heterocycles. The molecule has 0 heterocycles. The molecule has 2 aromatic carbocycles. The average molecular weight is 369 g/mol. The van der Waals surface area contributed by atoms with Crippen molar-refractivity contribution in [1.29, 1.82) is 0 Å². The Morgan fingerprint density at radius 3 is 2.30 bits per heavy atom. The summed E-state index contributed by atoms with van der Waals surface area (Å²) in [6.07, 6.45) is 1.57. The van der Waals surface area contributed by atoms with Crippen LogP contribution in [0.2, 0.25) is 0 Å². The smallest absolute Gasteiger partial charge is 0.321 e. The minimum absolute atomic E-state index is 0.151. The Morgan fingerprint density at radius 1 is 1.00 bits per heavy atom. The van der Waals surface area contributed by atoms with Gasteiger partial charge >= 0.3 is 11.9 Å². The fraction of sp³-hybridized carbons (Fsp3) is 0.364. The first-order valence-electron chi connectivity index (χ1n) is 9.25. The monoisotopic (exact) mass is 369 g/mol. The highest BCUT2D eigenvalue weighted by Gasteiger charge is 2.22. The molecule has 0 fully saturated rings. The lowest BCUT2D eigenvalue weighted by Gasteiger charge is -2.18. The maximum Gasteiger partial charge on any atom is 0.321 e. The van der Waals surface area contributed by atoms with Crippen LogP contribution in [0.25, 0.3) is 11.1 Å². The topological polar surface area (TPSA) is 86.6 Å². The molecule has 2 aromatic rings. The van der Waals surface area contributed by atoms with Crippen LogP contribution in [0.15, 0.2) is 48.5 Å². The number of nitrogens with one attached hydrogen (secondary N) is 1. The van der Waals surface area contributed by atoms with Crippen molar-refractivity contribution in [1.82, 2.24) is 5.32 Å². The van der Waals surface area contributed by atoms with E-state index in [-0.39, 0.29) is 6.54 Å². The van der Waals surface area contributed by atoms with Gasteiger partial charge in [-0.1, -0.05) is 67.4 Å². The van der Waals surface area contributed by atoms with Crippen molar-refractivity contribution in [2.45, 2.75) is 39.2 Å². The van der Waals surface area contributed by atoms with E-state index in [9.17, 15) is 19.8 Å². The third-order valence-corrected chi connectivity index (χ3v) is 4.65. The van der Waals surface area contributed by atoms with Crippen LogP contribution in [-0.2, 0) is 16.0 Å². The van der Waals surface area contributed by atoms with E-state index in [4.69, 9.17) is 0 Å². The summed E-state index contributed by atoms with van der Waals surface area (Å²) in [7, 11) is 0. The van der Waals surface area contributed by atoms with Crippen molar-refractivity contribution in [3.63, 3.8) is 0 Å². The largest absolute Gasteiger partial charge is 0.481 e. The van der Waals surface area contributed by atoms with Crippen LogP contribution in [0.4, 0.5) is 0 Å². The maximum atomic E-state index is 11.6. The molecule has 0 radical (unpaired) electrons. The number of aliphatic carboxylic acids is 2. The minimum Gasteiger partial charge on any atom is -0.481 e. The summed E-state index contributed by atoms with van der Waals surface area (Å²) in [6, 6.07) is 15.2. The van der Waals surface area contributed by atoms with Gasteiger partial charge in [-0.15, -0.1) is 0 Å². The highest BCUT2D eigenvalue weighted by molar-refractivity contribution is 5.75. The van der Waals surface area contributed by atoms with Crippen LogP contribution in [-0.4, -0.2) is 34.7 Å². The molecule has 2 unspecified atom stereocenters. The molecule has 0 bridgehead atoms. The van der Waals surface area contributed by atoms with E-state index >= 15 is 0 Å². The number of carbonyl (C=O) groups is 2. The van der Waals surface area contributed by atoms with Gasteiger partial charge in [-0.3, -0.25) is 9.59 Å². The SMILES string of the molecule is CCCC(CNC(Cc1cccc(-c2ccc(C)cc2)c1)C(=O)O)C(=O)O. The molecule has 0 aliphatic carbocycles. The highest BCUT2D eigenvalue weighted by Crippen LogP contribution is 2.21. The molecule has 27 heavy (non-hydrogen) atoms. The Balaban J connectivity index is 2.09. The molecule has 0 spiro atoms. The molecular weight excluding hydrogens is 342 g/mol. The molecule has 0 aliphatic heterocycles. The second kappa shape index (κ2) is 9.88. The Hall–Kier alpha value is -2.66. The fourth-order valence-corrected chi connectivity index (χ4v) is 3.05. The summed E-state index contributed by atoms with van der Waals surface area (Å²) < 4.78 is 0. The van der Waals surface area contributed by atoms with E-state index in [0.29, 0.717) is 12.8 Å². The van der Waals surface area contributed by atoms with Gasteiger partial charge in [0.1, 0.15) is 6.04 Å². The van der Waals surface area contributed by atoms with Crippen LogP contribution < -0.4 is 5.32 Å². The van der Waals surface area contributed by atoms with Gasteiger partial charge < -0.3 is 15.5 Å². The minimum atomic E-state index is -0.976. The molecule has 5 heteroatoms. The third kappa shape index (κ3) is 6.22. The summed E-state index contributed by atoms with van der Waals surface area (Å²) in [6.45, 7) is 4.10. The van der Waals surface area contributed by atoms with Gasteiger partial charge in [-0.05, 0) is 36.5 Å². The van der Waals surface area contributed by atoms with Gasteiger partial charge in [0.25, 0.3) is 0 Å². The van der Waals surface area contributed by atoms with E-state index in [1.807, 2.05) is 62.4 Å². The summed E-state index contributed by atoms with van der Waals surface area (Å²) >= 11 is 0. The van der Waals surface area contributed by atoms with Gasteiger partial charge in [0.05, 0.1) is 5.92 Å². The number of carboxylic acids is 2. The van der Waals surface area contributed by atoms with Gasteiger partial charge in [0.15, 0.2) is 0 Å². The van der Waals surface area contributed by atoms with E-state index in [2.05, 4.69) is 5.32 Å². The van der Waals surface area contributed by atoms with Crippen LogP contribution >= 0.6 is 0 Å². The molecule has 0 saturated carbocycles. The molecule has 144 valence electrons. The first kappa shape index (κ1) is 20.6. The van der Waals surface area contributed by atoms with E-state index in [0.717, 1.165) is 23.1 Å². The van der Waals surface area contributed by atoms with Crippen LogP contribution in [0.5, 0.6) is 0 Å². The average Bonchev–Trinajstić information content (AvgIpc) is 2.64. The lowest BCUT2D eigenvalue weighted by atomic mass is 9.98.